The van der Waals surface area contributed by atoms with Crippen molar-refractivity contribution < 1.29 is 17.5 Å². The summed E-state index contributed by atoms with van der Waals surface area (Å²) in [6.07, 6.45) is 1.62. The van der Waals surface area contributed by atoms with E-state index in [1.54, 1.807) is 0 Å². The van der Waals surface area contributed by atoms with E-state index in [4.69, 9.17) is 22.1 Å². The summed E-state index contributed by atoms with van der Waals surface area (Å²) in [5.74, 6) is -0.777. The van der Waals surface area contributed by atoms with Crippen molar-refractivity contribution in [1.82, 2.24) is 4.31 Å². The molecule has 2 N–H and O–H groups in total. The Kier molecular flexibility index (Phi) is 5.21. The van der Waals surface area contributed by atoms with E-state index in [1.807, 2.05) is 0 Å². The van der Waals surface area contributed by atoms with Crippen molar-refractivity contribution in [3.05, 3.63) is 28.5 Å². The van der Waals surface area contributed by atoms with E-state index >= 15 is 0 Å². The van der Waals surface area contributed by atoms with Gasteiger partial charge in [0.25, 0.3) is 0 Å². The molecule has 5 nitrogen and oxygen atoms in total. The van der Waals surface area contributed by atoms with Crippen molar-refractivity contribution in [2.24, 2.45) is 5.73 Å². The molecule has 8 heteroatoms. The van der Waals surface area contributed by atoms with Crippen molar-refractivity contribution in [1.29, 1.82) is 0 Å². The molecule has 1 aromatic carbocycles. The Morgan fingerprint density at radius 3 is 2.67 bits per heavy atom. The summed E-state index contributed by atoms with van der Waals surface area (Å²) in [6, 6.07) is 2.24. The van der Waals surface area contributed by atoms with Crippen LogP contribution in [0, 0.1) is 5.82 Å². The van der Waals surface area contributed by atoms with Crippen LogP contribution >= 0.6 is 11.6 Å². The second kappa shape index (κ2) is 6.58. The quantitative estimate of drug-likeness (QED) is 0.823. The standard InChI is InChI=1S/C13H18ClFN2O3S/c1-20-5-4-17(10-2-3-10)21(18,19)11-6-9(8-16)13(14)12(15)7-11/h6-7,10H,2-5,8,16H2,1H3. The van der Waals surface area contributed by atoms with Crippen LogP contribution in [0.3, 0.4) is 0 Å². The summed E-state index contributed by atoms with van der Waals surface area (Å²) in [7, 11) is -2.28. The molecule has 1 saturated carbocycles. The summed E-state index contributed by atoms with van der Waals surface area (Å²) in [4.78, 5) is -0.118. The van der Waals surface area contributed by atoms with Gasteiger partial charge >= 0.3 is 0 Å². The normalized spacial score (nSPS) is 15.7. The fraction of sp³-hybridized carbons (Fsp3) is 0.538. The molecule has 0 amide bonds. The zero-order valence-corrected chi connectivity index (χ0v) is 13.3. The minimum Gasteiger partial charge on any atom is -0.383 e. The van der Waals surface area contributed by atoms with Crippen molar-refractivity contribution in [3.63, 3.8) is 0 Å². The largest absolute Gasteiger partial charge is 0.383 e. The van der Waals surface area contributed by atoms with Crippen LogP contribution in [0.2, 0.25) is 5.02 Å². The second-order valence-electron chi connectivity index (χ2n) is 4.92. The van der Waals surface area contributed by atoms with Crippen LogP contribution in [0.4, 0.5) is 4.39 Å². The lowest BCUT2D eigenvalue weighted by atomic mass is 10.2. The maximum Gasteiger partial charge on any atom is 0.243 e. The molecule has 0 unspecified atom stereocenters. The van der Waals surface area contributed by atoms with Gasteiger partial charge in [-0.2, -0.15) is 4.31 Å². The first-order chi connectivity index (χ1) is 9.91. The van der Waals surface area contributed by atoms with E-state index in [9.17, 15) is 12.8 Å². The highest BCUT2D eigenvalue weighted by Crippen LogP contribution is 2.33. The molecular formula is C13H18ClFN2O3S. The molecule has 1 aromatic rings. The number of rotatable bonds is 7. The average molecular weight is 337 g/mol. The summed E-state index contributed by atoms with van der Waals surface area (Å²) < 4.78 is 45.4. The van der Waals surface area contributed by atoms with Crippen LogP contribution in [0.5, 0.6) is 0 Å². The van der Waals surface area contributed by atoms with Gasteiger partial charge in [-0.3, -0.25) is 0 Å². The summed E-state index contributed by atoms with van der Waals surface area (Å²) in [6.45, 7) is 0.502. The molecule has 0 radical (unpaired) electrons. The fourth-order valence-electron chi connectivity index (χ4n) is 2.09. The van der Waals surface area contributed by atoms with Gasteiger partial charge < -0.3 is 10.5 Å². The Bertz CT molecular complexity index is 620. The van der Waals surface area contributed by atoms with Crippen LogP contribution in [-0.4, -0.2) is 39.0 Å². The van der Waals surface area contributed by atoms with E-state index in [0.717, 1.165) is 18.9 Å². The molecule has 0 saturated heterocycles. The third-order valence-electron chi connectivity index (χ3n) is 3.37. The smallest absolute Gasteiger partial charge is 0.243 e. The predicted octanol–water partition coefficient (Wildman–Crippen LogP) is 1.74. The lowest BCUT2D eigenvalue weighted by Gasteiger charge is -2.22. The van der Waals surface area contributed by atoms with Gasteiger partial charge in [0.05, 0.1) is 16.5 Å². The summed E-state index contributed by atoms with van der Waals surface area (Å²) in [5.41, 5.74) is 5.76. The van der Waals surface area contributed by atoms with Crippen molar-refractivity contribution in [2.75, 3.05) is 20.3 Å². The van der Waals surface area contributed by atoms with Crippen LogP contribution in [0.25, 0.3) is 0 Å². The molecule has 0 heterocycles. The molecule has 0 atom stereocenters. The molecule has 0 spiro atoms. The van der Waals surface area contributed by atoms with E-state index in [0.29, 0.717) is 0 Å². The van der Waals surface area contributed by atoms with Gasteiger partial charge in [0.15, 0.2) is 0 Å². The van der Waals surface area contributed by atoms with Gasteiger partial charge in [-0.05, 0) is 30.5 Å². The number of sulfonamides is 1. The number of halogens is 2. The van der Waals surface area contributed by atoms with Gasteiger partial charge in [0.1, 0.15) is 5.82 Å². The van der Waals surface area contributed by atoms with E-state index in [2.05, 4.69) is 0 Å². The van der Waals surface area contributed by atoms with Gasteiger partial charge in [-0.1, -0.05) is 11.6 Å². The Labute approximate surface area is 128 Å². The number of hydrogen-bond acceptors (Lipinski definition) is 4. The average Bonchev–Trinajstić information content (AvgIpc) is 3.26. The first kappa shape index (κ1) is 16.6. The first-order valence-corrected chi connectivity index (χ1v) is 8.42. The zero-order valence-electron chi connectivity index (χ0n) is 11.7. The number of nitrogens with zero attached hydrogens (tertiary/aromatic N) is 1. The Morgan fingerprint density at radius 2 is 2.14 bits per heavy atom. The number of methoxy groups -OCH3 is 1. The van der Waals surface area contributed by atoms with Crippen LogP contribution in [0.1, 0.15) is 18.4 Å². The van der Waals surface area contributed by atoms with E-state index in [-0.39, 0.29) is 41.2 Å². The fourth-order valence-corrected chi connectivity index (χ4v) is 4.01. The minimum atomic E-state index is -3.78. The molecule has 1 aliphatic rings. The monoisotopic (exact) mass is 336 g/mol. The molecule has 1 aliphatic carbocycles. The highest BCUT2D eigenvalue weighted by atomic mass is 35.5. The lowest BCUT2D eigenvalue weighted by Crippen LogP contribution is -2.36. The van der Waals surface area contributed by atoms with Crippen LogP contribution < -0.4 is 5.73 Å². The third-order valence-corrected chi connectivity index (χ3v) is 5.73. The highest BCUT2D eigenvalue weighted by molar-refractivity contribution is 7.89. The topological polar surface area (TPSA) is 72.6 Å². The van der Waals surface area contributed by atoms with Gasteiger partial charge in [-0.15, -0.1) is 0 Å². The summed E-state index contributed by atoms with van der Waals surface area (Å²) in [5, 5.41) is -0.133. The molecule has 2 rings (SSSR count). The van der Waals surface area contributed by atoms with E-state index in [1.165, 1.54) is 17.5 Å². The Hall–Kier alpha value is -0.730. The molecule has 21 heavy (non-hydrogen) atoms. The zero-order chi connectivity index (χ0) is 15.6. The lowest BCUT2D eigenvalue weighted by molar-refractivity contribution is 0.177. The Balaban J connectivity index is 2.39. The highest BCUT2D eigenvalue weighted by Gasteiger charge is 2.38. The van der Waals surface area contributed by atoms with Crippen LogP contribution in [0.15, 0.2) is 17.0 Å². The van der Waals surface area contributed by atoms with Gasteiger partial charge in [0, 0.05) is 26.2 Å². The molecule has 0 aromatic heterocycles. The van der Waals surface area contributed by atoms with Crippen molar-refractivity contribution in [2.45, 2.75) is 30.3 Å². The first-order valence-electron chi connectivity index (χ1n) is 6.60. The molecular weight excluding hydrogens is 319 g/mol. The summed E-state index contributed by atoms with van der Waals surface area (Å²) >= 11 is 5.77. The van der Waals surface area contributed by atoms with Gasteiger partial charge in [-0.25, -0.2) is 12.8 Å². The number of nitrogens with two attached hydrogens (primary N) is 1. The molecule has 0 aliphatic heterocycles. The minimum absolute atomic E-state index is 0.0272. The third kappa shape index (κ3) is 3.54. The Morgan fingerprint density at radius 1 is 1.48 bits per heavy atom. The van der Waals surface area contributed by atoms with Gasteiger partial charge in [0.2, 0.25) is 10.0 Å². The number of hydrogen-bond donors (Lipinski definition) is 1. The maximum atomic E-state index is 13.8. The SMILES string of the molecule is COCCN(C1CC1)S(=O)(=O)c1cc(F)c(Cl)c(CN)c1. The van der Waals surface area contributed by atoms with Crippen LogP contribution in [-0.2, 0) is 21.3 Å². The second-order valence-corrected chi connectivity index (χ2v) is 7.19. The molecule has 0 bridgehead atoms. The molecule has 118 valence electrons. The predicted molar refractivity (Wildman–Crippen MR) is 78.1 cm³/mol. The maximum absolute atomic E-state index is 13.8. The van der Waals surface area contributed by atoms with Crippen molar-refractivity contribution in [3.8, 4) is 0 Å². The molecule has 1 fully saturated rings. The number of benzene rings is 1. The van der Waals surface area contributed by atoms with Crippen molar-refractivity contribution >= 4 is 21.6 Å². The number of ether oxygens (including phenoxy) is 1. The van der Waals surface area contributed by atoms with E-state index < -0.39 is 15.8 Å².